The molecule has 0 unspecified atom stereocenters. The summed E-state index contributed by atoms with van der Waals surface area (Å²) < 4.78 is 4.51. The number of benzene rings is 1. The van der Waals surface area contributed by atoms with Crippen LogP contribution in [0, 0.1) is 0 Å². The Kier molecular flexibility index (Phi) is 7.42. The molecular weight excluding hydrogens is 308 g/mol. The van der Waals surface area contributed by atoms with Gasteiger partial charge in [0.15, 0.2) is 0 Å². The summed E-state index contributed by atoms with van der Waals surface area (Å²) in [5, 5.41) is 5.21. The van der Waals surface area contributed by atoms with Gasteiger partial charge < -0.3 is 15.4 Å². The average Bonchev–Trinajstić information content (AvgIpc) is 2.55. The summed E-state index contributed by atoms with van der Waals surface area (Å²) in [6, 6.07) is 7.35. The molecule has 0 heterocycles. The monoisotopic (exact) mass is 334 g/mol. The van der Waals surface area contributed by atoms with E-state index < -0.39 is 0 Å². The zero-order valence-electron chi connectivity index (χ0n) is 14.8. The molecule has 1 aromatic rings. The van der Waals surface area contributed by atoms with E-state index in [4.69, 9.17) is 0 Å². The summed E-state index contributed by atoms with van der Waals surface area (Å²) in [5.41, 5.74) is 1.68. The van der Waals surface area contributed by atoms with Gasteiger partial charge in [-0.15, -0.1) is 0 Å². The Bertz CT molecular complexity index is 574. The van der Waals surface area contributed by atoms with Crippen molar-refractivity contribution in [2.45, 2.75) is 39.0 Å². The van der Waals surface area contributed by atoms with Gasteiger partial charge in [0.25, 0.3) is 5.91 Å². The van der Waals surface area contributed by atoms with E-state index >= 15 is 0 Å². The van der Waals surface area contributed by atoms with Crippen molar-refractivity contribution in [1.29, 1.82) is 0 Å². The zero-order valence-corrected chi connectivity index (χ0v) is 14.8. The zero-order chi connectivity index (χ0) is 18.2. The highest BCUT2D eigenvalue weighted by molar-refractivity contribution is 5.96. The fraction of sp³-hybridized carbons (Fsp3) is 0.500. The van der Waals surface area contributed by atoms with E-state index in [-0.39, 0.29) is 36.2 Å². The molecule has 0 bridgehead atoms. The van der Waals surface area contributed by atoms with E-state index in [1.165, 1.54) is 7.11 Å². The van der Waals surface area contributed by atoms with Crippen LogP contribution in [0.2, 0.25) is 0 Å². The third-order valence-corrected chi connectivity index (χ3v) is 3.53. The molecule has 2 N–H and O–H groups in total. The van der Waals surface area contributed by atoms with E-state index in [1.54, 1.807) is 12.1 Å². The quantitative estimate of drug-likeness (QED) is 0.588. The highest BCUT2D eigenvalue weighted by atomic mass is 16.5. The predicted octanol–water partition coefficient (Wildman–Crippen LogP) is 1.78. The summed E-state index contributed by atoms with van der Waals surface area (Å²) in [6.07, 6.45) is 0.754. The van der Waals surface area contributed by atoms with E-state index in [2.05, 4.69) is 36.1 Å². The molecule has 0 saturated heterocycles. The summed E-state index contributed by atoms with van der Waals surface area (Å²) in [7, 11) is 1.32. The molecule has 0 saturated carbocycles. The Labute approximate surface area is 143 Å². The normalized spacial score (nSPS) is 10.8. The standard InChI is InChI=1S/C18H26N2O4/c1-18(2,3)14-9-7-13(8-10-14)17(23)20-12-15(21)19-11-5-6-16(22)24-4/h7-10H,5-6,11-12H2,1-4H3,(H,19,21)(H,20,23). The van der Waals surface area contributed by atoms with Crippen LogP contribution in [0.15, 0.2) is 24.3 Å². The van der Waals surface area contributed by atoms with E-state index in [0.717, 1.165) is 5.56 Å². The van der Waals surface area contributed by atoms with Crippen molar-refractivity contribution in [2.75, 3.05) is 20.2 Å². The number of amides is 2. The fourth-order valence-corrected chi connectivity index (χ4v) is 2.01. The first-order valence-electron chi connectivity index (χ1n) is 7.96. The maximum atomic E-state index is 12.0. The van der Waals surface area contributed by atoms with Crippen molar-refractivity contribution in [3.8, 4) is 0 Å². The number of hydrogen-bond acceptors (Lipinski definition) is 4. The Hall–Kier alpha value is -2.37. The predicted molar refractivity (Wildman–Crippen MR) is 91.7 cm³/mol. The third kappa shape index (κ3) is 6.81. The largest absolute Gasteiger partial charge is 0.469 e. The minimum absolute atomic E-state index is 0.0269. The minimum atomic E-state index is -0.309. The number of carbonyl (C=O) groups is 3. The van der Waals surface area contributed by atoms with Crippen molar-refractivity contribution in [3.63, 3.8) is 0 Å². The Morgan fingerprint density at radius 2 is 1.67 bits per heavy atom. The fourth-order valence-electron chi connectivity index (χ4n) is 2.01. The SMILES string of the molecule is COC(=O)CCCNC(=O)CNC(=O)c1ccc(C(C)(C)C)cc1. The summed E-state index contributed by atoms with van der Waals surface area (Å²) in [5.74, 6) is -0.893. The van der Waals surface area contributed by atoms with Gasteiger partial charge in [0.2, 0.25) is 5.91 Å². The number of nitrogens with one attached hydrogen (secondary N) is 2. The summed E-state index contributed by atoms with van der Waals surface area (Å²) in [4.78, 5) is 34.6. The molecule has 0 aliphatic heterocycles. The van der Waals surface area contributed by atoms with E-state index in [0.29, 0.717) is 18.5 Å². The minimum Gasteiger partial charge on any atom is -0.469 e. The van der Waals surface area contributed by atoms with Crippen LogP contribution in [0.5, 0.6) is 0 Å². The number of methoxy groups -OCH3 is 1. The van der Waals surface area contributed by atoms with Crippen molar-refractivity contribution < 1.29 is 19.1 Å². The number of hydrogen-bond donors (Lipinski definition) is 2. The summed E-state index contributed by atoms with van der Waals surface area (Å²) >= 11 is 0. The molecule has 24 heavy (non-hydrogen) atoms. The van der Waals surface area contributed by atoms with Crippen LogP contribution in [0.25, 0.3) is 0 Å². The van der Waals surface area contributed by atoms with Crippen LogP contribution in [0.3, 0.4) is 0 Å². The van der Waals surface area contributed by atoms with E-state index in [1.807, 2.05) is 12.1 Å². The molecule has 1 aromatic carbocycles. The molecule has 6 nitrogen and oxygen atoms in total. The Morgan fingerprint density at radius 1 is 1.04 bits per heavy atom. The lowest BCUT2D eigenvalue weighted by molar-refractivity contribution is -0.140. The molecule has 0 spiro atoms. The smallest absolute Gasteiger partial charge is 0.305 e. The van der Waals surface area contributed by atoms with Crippen molar-refractivity contribution in [2.24, 2.45) is 0 Å². The molecule has 0 radical (unpaired) electrons. The molecule has 132 valence electrons. The molecule has 1 rings (SSSR count). The lowest BCUT2D eigenvalue weighted by Crippen LogP contribution is -2.37. The van der Waals surface area contributed by atoms with Gasteiger partial charge in [-0.1, -0.05) is 32.9 Å². The molecule has 0 atom stereocenters. The molecule has 0 aromatic heterocycles. The van der Waals surface area contributed by atoms with Crippen molar-refractivity contribution in [1.82, 2.24) is 10.6 Å². The number of carbonyl (C=O) groups excluding carboxylic acids is 3. The third-order valence-electron chi connectivity index (χ3n) is 3.53. The first kappa shape index (κ1) is 19.7. The van der Waals surface area contributed by atoms with Crippen LogP contribution >= 0.6 is 0 Å². The number of ether oxygens (including phenoxy) is 1. The van der Waals surface area contributed by atoms with Crippen LogP contribution < -0.4 is 10.6 Å². The van der Waals surface area contributed by atoms with E-state index in [9.17, 15) is 14.4 Å². The van der Waals surface area contributed by atoms with Crippen LogP contribution in [0.4, 0.5) is 0 Å². The molecule has 0 aliphatic rings. The van der Waals surface area contributed by atoms with Gasteiger partial charge in [0.1, 0.15) is 0 Å². The average molecular weight is 334 g/mol. The van der Waals surface area contributed by atoms with Gasteiger partial charge in [-0.25, -0.2) is 0 Å². The molecular formula is C18H26N2O4. The highest BCUT2D eigenvalue weighted by Gasteiger charge is 2.14. The highest BCUT2D eigenvalue weighted by Crippen LogP contribution is 2.22. The van der Waals surface area contributed by atoms with Gasteiger partial charge in [-0.3, -0.25) is 14.4 Å². The van der Waals surface area contributed by atoms with Crippen molar-refractivity contribution in [3.05, 3.63) is 35.4 Å². The summed E-state index contributed by atoms with van der Waals surface area (Å²) in [6.45, 7) is 6.58. The second-order valence-electron chi connectivity index (χ2n) is 6.54. The topological polar surface area (TPSA) is 84.5 Å². The molecule has 2 amide bonds. The van der Waals surface area contributed by atoms with Gasteiger partial charge in [-0.2, -0.15) is 0 Å². The Balaban J connectivity index is 2.35. The number of rotatable bonds is 7. The first-order chi connectivity index (χ1) is 11.2. The van der Waals surface area contributed by atoms with Crippen LogP contribution in [-0.4, -0.2) is 38.0 Å². The Morgan fingerprint density at radius 3 is 2.21 bits per heavy atom. The van der Waals surface area contributed by atoms with Gasteiger partial charge in [0, 0.05) is 18.5 Å². The van der Waals surface area contributed by atoms with Gasteiger partial charge in [0.05, 0.1) is 13.7 Å². The second kappa shape index (κ2) is 9.05. The van der Waals surface area contributed by atoms with Gasteiger partial charge in [-0.05, 0) is 29.5 Å². The van der Waals surface area contributed by atoms with Gasteiger partial charge >= 0.3 is 5.97 Å². The lowest BCUT2D eigenvalue weighted by Gasteiger charge is -2.19. The maximum Gasteiger partial charge on any atom is 0.305 e. The van der Waals surface area contributed by atoms with Crippen molar-refractivity contribution >= 4 is 17.8 Å². The lowest BCUT2D eigenvalue weighted by atomic mass is 9.87. The molecule has 6 heteroatoms. The van der Waals surface area contributed by atoms with Crippen LogP contribution in [0.1, 0.15) is 49.5 Å². The first-order valence-corrected chi connectivity index (χ1v) is 7.96. The maximum absolute atomic E-state index is 12.0. The van der Waals surface area contributed by atoms with Crippen LogP contribution in [-0.2, 0) is 19.7 Å². The number of esters is 1. The molecule has 0 aliphatic carbocycles. The second-order valence-corrected chi connectivity index (χ2v) is 6.54. The molecule has 0 fully saturated rings.